The molecule has 2 aromatic heterocycles. The number of carboxylic acid groups (broad SMARTS) is 1. The second-order valence-corrected chi connectivity index (χ2v) is 4.46. The predicted octanol–water partition coefficient (Wildman–Crippen LogP) is 0.493. The van der Waals surface area contributed by atoms with Crippen LogP contribution in [-0.4, -0.2) is 41.3 Å². The molecule has 2 aromatic rings. The Kier molecular flexibility index (Phi) is 4.05. The lowest BCUT2D eigenvalue weighted by Crippen LogP contribution is -2.11. The lowest BCUT2D eigenvalue weighted by Gasteiger charge is -2.01. The fourth-order valence-corrected chi connectivity index (χ4v) is 1.95. The maximum absolute atomic E-state index is 10.6. The van der Waals surface area contributed by atoms with Crippen molar-refractivity contribution in [1.29, 1.82) is 0 Å². The number of thioether (sulfide) groups is 1. The Balaban J connectivity index is 1.99. The van der Waals surface area contributed by atoms with Crippen LogP contribution in [0, 0.1) is 0 Å². The second kappa shape index (κ2) is 5.74. The first-order valence-electron chi connectivity index (χ1n) is 4.72. The van der Waals surface area contributed by atoms with Crippen LogP contribution in [-0.2, 0) is 17.1 Å². The van der Waals surface area contributed by atoms with Gasteiger partial charge in [-0.3, -0.25) is 9.78 Å². The first kappa shape index (κ1) is 12.7. The number of tetrazole rings is 1. The van der Waals surface area contributed by atoms with Crippen molar-refractivity contribution in [2.24, 2.45) is 0 Å². The summed E-state index contributed by atoms with van der Waals surface area (Å²) in [5.74, 6) is -0.528. The van der Waals surface area contributed by atoms with Gasteiger partial charge >= 0.3 is 5.97 Å². The van der Waals surface area contributed by atoms with Crippen molar-refractivity contribution >= 4 is 29.3 Å². The van der Waals surface area contributed by atoms with Gasteiger partial charge in [-0.05, 0) is 10.4 Å². The summed E-state index contributed by atoms with van der Waals surface area (Å²) in [6.07, 6.45) is 2.98. The van der Waals surface area contributed by atoms with Crippen molar-refractivity contribution in [2.75, 3.05) is 0 Å². The predicted molar refractivity (Wildman–Crippen MR) is 62.1 cm³/mol. The van der Waals surface area contributed by atoms with Gasteiger partial charge in [-0.15, -0.1) is 5.10 Å². The first-order chi connectivity index (χ1) is 8.65. The van der Waals surface area contributed by atoms with Gasteiger partial charge in [0.1, 0.15) is 11.7 Å². The molecule has 0 bridgehead atoms. The van der Waals surface area contributed by atoms with E-state index in [-0.39, 0.29) is 6.54 Å². The highest BCUT2D eigenvalue weighted by atomic mass is 35.5. The number of hydrogen-bond donors (Lipinski definition) is 1. The van der Waals surface area contributed by atoms with E-state index in [1.807, 2.05) is 0 Å². The first-order valence-corrected chi connectivity index (χ1v) is 6.08. The summed E-state index contributed by atoms with van der Waals surface area (Å²) in [6, 6.07) is 0. The van der Waals surface area contributed by atoms with Gasteiger partial charge < -0.3 is 5.11 Å². The highest BCUT2D eigenvalue weighted by Crippen LogP contribution is 2.18. The molecule has 0 aliphatic carbocycles. The Morgan fingerprint density at radius 3 is 2.94 bits per heavy atom. The van der Waals surface area contributed by atoms with Crippen LogP contribution >= 0.6 is 23.4 Å². The molecule has 94 valence electrons. The van der Waals surface area contributed by atoms with Crippen LogP contribution in [0.25, 0.3) is 0 Å². The summed E-state index contributed by atoms with van der Waals surface area (Å²) in [5.41, 5.74) is 0.703. The Bertz CT molecular complexity index is 545. The van der Waals surface area contributed by atoms with Crippen molar-refractivity contribution in [3.63, 3.8) is 0 Å². The van der Waals surface area contributed by atoms with Gasteiger partial charge in [0, 0.05) is 5.75 Å². The molecule has 0 spiro atoms. The normalized spacial score (nSPS) is 10.5. The van der Waals surface area contributed by atoms with Crippen LogP contribution in [0.15, 0.2) is 17.6 Å². The van der Waals surface area contributed by atoms with Gasteiger partial charge in [0.2, 0.25) is 5.16 Å². The van der Waals surface area contributed by atoms with Gasteiger partial charge in [0.15, 0.2) is 0 Å². The molecule has 0 fully saturated rings. The molecule has 0 aromatic carbocycles. The van der Waals surface area contributed by atoms with Crippen molar-refractivity contribution in [1.82, 2.24) is 30.2 Å². The average Bonchev–Trinajstić information content (AvgIpc) is 2.75. The lowest BCUT2D eigenvalue weighted by molar-refractivity contribution is -0.138. The largest absolute Gasteiger partial charge is 0.480 e. The van der Waals surface area contributed by atoms with E-state index < -0.39 is 5.97 Å². The molecule has 2 rings (SSSR count). The minimum absolute atomic E-state index is 0.276. The number of nitrogens with zero attached hydrogens (tertiary/aromatic N) is 6. The van der Waals surface area contributed by atoms with Gasteiger partial charge in [0.05, 0.1) is 18.1 Å². The lowest BCUT2D eigenvalue weighted by atomic mass is 10.5. The molecule has 10 heteroatoms. The molecular weight excluding hydrogens is 280 g/mol. The minimum Gasteiger partial charge on any atom is -0.480 e. The zero-order valence-corrected chi connectivity index (χ0v) is 10.5. The van der Waals surface area contributed by atoms with Gasteiger partial charge in [-0.1, -0.05) is 23.4 Å². The van der Waals surface area contributed by atoms with Crippen LogP contribution in [0.1, 0.15) is 5.69 Å². The van der Waals surface area contributed by atoms with Gasteiger partial charge in [-0.2, -0.15) is 0 Å². The van der Waals surface area contributed by atoms with Crippen molar-refractivity contribution in [2.45, 2.75) is 17.5 Å². The fourth-order valence-electron chi connectivity index (χ4n) is 1.08. The molecule has 0 atom stereocenters. The van der Waals surface area contributed by atoms with E-state index in [9.17, 15) is 4.79 Å². The molecule has 2 heterocycles. The summed E-state index contributed by atoms with van der Waals surface area (Å²) in [6.45, 7) is -0.276. The molecule has 0 aliphatic heterocycles. The van der Waals surface area contributed by atoms with Crippen LogP contribution in [0.3, 0.4) is 0 Å². The van der Waals surface area contributed by atoms with Crippen molar-refractivity contribution in [3.8, 4) is 0 Å². The Labute approximate surface area is 110 Å². The zero-order chi connectivity index (χ0) is 13.0. The average molecular weight is 287 g/mol. The Morgan fingerprint density at radius 2 is 2.28 bits per heavy atom. The molecule has 0 saturated carbocycles. The third kappa shape index (κ3) is 3.37. The Morgan fingerprint density at radius 1 is 1.44 bits per heavy atom. The van der Waals surface area contributed by atoms with E-state index in [1.165, 1.54) is 22.6 Å². The summed E-state index contributed by atoms with van der Waals surface area (Å²) >= 11 is 6.88. The van der Waals surface area contributed by atoms with Crippen LogP contribution < -0.4 is 0 Å². The SMILES string of the molecule is O=C(O)Cn1nnnc1SCc1cnc(Cl)cn1. The van der Waals surface area contributed by atoms with E-state index in [1.54, 1.807) is 6.20 Å². The second-order valence-electron chi connectivity index (χ2n) is 3.13. The van der Waals surface area contributed by atoms with Crippen molar-refractivity contribution in [3.05, 3.63) is 23.2 Å². The van der Waals surface area contributed by atoms with E-state index in [2.05, 4.69) is 25.5 Å². The number of rotatable bonds is 5. The molecule has 0 radical (unpaired) electrons. The zero-order valence-electron chi connectivity index (χ0n) is 8.89. The van der Waals surface area contributed by atoms with Gasteiger partial charge in [-0.25, -0.2) is 9.67 Å². The monoisotopic (exact) mass is 286 g/mol. The van der Waals surface area contributed by atoms with E-state index in [0.717, 1.165) is 0 Å². The highest BCUT2D eigenvalue weighted by molar-refractivity contribution is 7.98. The quantitative estimate of drug-likeness (QED) is 0.792. The smallest absolute Gasteiger partial charge is 0.325 e. The highest BCUT2D eigenvalue weighted by Gasteiger charge is 2.10. The summed E-state index contributed by atoms with van der Waals surface area (Å²) in [4.78, 5) is 18.5. The van der Waals surface area contributed by atoms with Gasteiger partial charge in [0.25, 0.3) is 0 Å². The number of aliphatic carboxylic acids is 1. The van der Waals surface area contributed by atoms with Crippen LogP contribution in [0.4, 0.5) is 0 Å². The molecule has 18 heavy (non-hydrogen) atoms. The molecule has 8 nitrogen and oxygen atoms in total. The number of carbonyl (C=O) groups is 1. The minimum atomic E-state index is -1.00. The third-order valence-corrected chi connectivity index (χ3v) is 2.99. The summed E-state index contributed by atoms with van der Waals surface area (Å²) in [5, 5.41) is 20.1. The number of aromatic nitrogens is 6. The van der Waals surface area contributed by atoms with Crippen LogP contribution in [0.5, 0.6) is 0 Å². The fraction of sp³-hybridized carbons (Fsp3) is 0.250. The number of halogens is 1. The van der Waals surface area contributed by atoms with E-state index in [0.29, 0.717) is 21.8 Å². The number of carboxylic acids is 1. The Hall–Kier alpha value is -1.74. The molecular formula is C8H7ClN6O2S. The standard InChI is InChI=1S/C8H7ClN6O2S/c9-6-2-10-5(1-11-6)4-18-8-12-13-14-15(8)3-7(16)17/h1-2H,3-4H2,(H,16,17). The number of hydrogen-bond acceptors (Lipinski definition) is 7. The van der Waals surface area contributed by atoms with E-state index >= 15 is 0 Å². The molecule has 0 aliphatic rings. The summed E-state index contributed by atoms with van der Waals surface area (Å²) < 4.78 is 1.20. The molecule has 0 unspecified atom stereocenters. The molecule has 1 N–H and O–H groups in total. The molecule has 0 saturated heterocycles. The topological polar surface area (TPSA) is 107 Å². The van der Waals surface area contributed by atoms with E-state index in [4.69, 9.17) is 16.7 Å². The maximum Gasteiger partial charge on any atom is 0.325 e. The maximum atomic E-state index is 10.6. The van der Waals surface area contributed by atoms with Crippen LogP contribution in [0.2, 0.25) is 5.15 Å². The summed E-state index contributed by atoms with van der Waals surface area (Å²) in [7, 11) is 0. The third-order valence-electron chi connectivity index (χ3n) is 1.81. The molecule has 0 amide bonds. The van der Waals surface area contributed by atoms with Crippen molar-refractivity contribution < 1.29 is 9.90 Å².